The van der Waals surface area contributed by atoms with E-state index in [4.69, 9.17) is 0 Å². The van der Waals surface area contributed by atoms with Gasteiger partial charge in [-0.25, -0.2) is 4.98 Å². The molecule has 1 fully saturated rings. The van der Waals surface area contributed by atoms with E-state index in [9.17, 15) is 4.79 Å². The van der Waals surface area contributed by atoms with Crippen molar-refractivity contribution in [2.75, 3.05) is 23.3 Å². The summed E-state index contributed by atoms with van der Waals surface area (Å²) in [6.07, 6.45) is 6.57. The molecule has 5 nitrogen and oxygen atoms in total. The lowest BCUT2D eigenvalue weighted by Gasteiger charge is -2.31. The molecule has 0 bridgehead atoms. The zero-order chi connectivity index (χ0) is 18.8. The lowest BCUT2D eigenvalue weighted by atomic mass is 9.99. The van der Waals surface area contributed by atoms with Gasteiger partial charge in [0.15, 0.2) is 0 Å². The van der Waals surface area contributed by atoms with Gasteiger partial charge in [-0.3, -0.25) is 4.79 Å². The van der Waals surface area contributed by atoms with Crippen molar-refractivity contribution in [1.29, 1.82) is 0 Å². The second kappa shape index (κ2) is 7.43. The molecule has 27 heavy (non-hydrogen) atoms. The van der Waals surface area contributed by atoms with E-state index in [1.165, 1.54) is 12.8 Å². The van der Waals surface area contributed by atoms with Crippen molar-refractivity contribution in [3.8, 4) is 0 Å². The number of hydrogen-bond donors (Lipinski definition) is 1. The van der Waals surface area contributed by atoms with Gasteiger partial charge in [-0.1, -0.05) is 25.1 Å². The number of nitrogens with one attached hydrogen (secondary N) is 1. The van der Waals surface area contributed by atoms with E-state index in [0.717, 1.165) is 47.0 Å². The first-order valence-electron chi connectivity index (χ1n) is 9.64. The molecule has 0 radical (unpaired) electrons. The Morgan fingerprint density at radius 3 is 2.70 bits per heavy atom. The summed E-state index contributed by atoms with van der Waals surface area (Å²) >= 11 is 0. The highest BCUT2D eigenvalue weighted by atomic mass is 16.1. The number of anilines is 2. The summed E-state index contributed by atoms with van der Waals surface area (Å²) in [5.41, 5.74) is 2.93. The van der Waals surface area contributed by atoms with E-state index in [0.29, 0.717) is 6.42 Å². The van der Waals surface area contributed by atoms with Crippen LogP contribution >= 0.6 is 0 Å². The summed E-state index contributed by atoms with van der Waals surface area (Å²) in [5.74, 6) is 1.77. The molecule has 1 saturated heterocycles. The molecule has 1 aromatic carbocycles. The number of carbonyl (C=O) groups excluding carboxylic acids is 1. The van der Waals surface area contributed by atoms with Crippen LogP contribution in [0.3, 0.4) is 0 Å². The summed E-state index contributed by atoms with van der Waals surface area (Å²) in [7, 11) is 2.01. The van der Waals surface area contributed by atoms with Crippen molar-refractivity contribution >= 4 is 28.3 Å². The lowest BCUT2D eigenvalue weighted by molar-refractivity contribution is -0.115. The molecular weight excluding hydrogens is 336 g/mol. The number of aromatic nitrogens is 2. The summed E-state index contributed by atoms with van der Waals surface area (Å²) in [6, 6.07) is 12.1. The van der Waals surface area contributed by atoms with Crippen LogP contribution in [0.15, 0.2) is 48.8 Å². The molecule has 3 aromatic rings. The number of hydrogen-bond acceptors (Lipinski definition) is 3. The van der Waals surface area contributed by atoms with E-state index in [1.54, 1.807) is 6.20 Å². The Bertz CT molecular complexity index is 937. The van der Waals surface area contributed by atoms with Crippen LogP contribution in [0.2, 0.25) is 0 Å². The zero-order valence-electron chi connectivity index (χ0n) is 16.0. The predicted molar refractivity (Wildman–Crippen MR) is 110 cm³/mol. The first-order valence-corrected chi connectivity index (χ1v) is 9.64. The molecule has 0 unspecified atom stereocenters. The number of amides is 1. The van der Waals surface area contributed by atoms with Crippen LogP contribution in [0.25, 0.3) is 10.9 Å². The number of piperidine rings is 1. The summed E-state index contributed by atoms with van der Waals surface area (Å²) < 4.78 is 2.06. The molecule has 0 spiro atoms. The molecule has 1 N–H and O–H groups in total. The third-order valence-corrected chi connectivity index (χ3v) is 5.47. The van der Waals surface area contributed by atoms with Crippen molar-refractivity contribution in [2.45, 2.75) is 26.2 Å². The minimum atomic E-state index is -0.0206. The maximum atomic E-state index is 12.5. The third-order valence-electron chi connectivity index (χ3n) is 5.47. The van der Waals surface area contributed by atoms with Gasteiger partial charge in [-0.15, -0.1) is 0 Å². The number of rotatable bonds is 4. The first-order chi connectivity index (χ1) is 13.1. The molecule has 140 valence electrons. The molecule has 5 heteroatoms. The van der Waals surface area contributed by atoms with E-state index >= 15 is 0 Å². The highest BCUT2D eigenvalue weighted by Crippen LogP contribution is 2.23. The minimum Gasteiger partial charge on any atom is -0.357 e. The van der Waals surface area contributed by atoms with Gasteiger partial charge in [0.2, 0.25) is 5.91 Å². The summed E-state index contributed by atoms with van der Waals surface area (Å²) in [4.78, 5) is 19.4. The Hall–Kier alpha value is -2.82. The third kappa shape index (κ3) is 3.82. The molecule has 0 saturated carbocycles. The molecule has 1 amide bonds. The van der Waals surface area contributed by atoms with Crippen molar-refractivity contribution in [3.05, 3.63) is 54.4 Å². The standard InChI is InChI=1S/C22H26N4O/c1-16-9-11-26(12-10-16)21-8-7-18(14-23-21)24-22(27)13-17-15-25(2)20-6-4-3-5-19(17)20/h3-8,14-16H,9-13H2,1-2H3,(H,24,27). The van der Waals surface area contributed by atoms with E-state index in [1.807, 2.05) is 37.5 Å². The Morgan fingerprint density at radius 2 is 1.96 bits per heavy atom. The Kier molecular flexibility index (Phi) is 4.84. The van der Waals surface area contributed by atoms with E-state index in [-0.39, 0.29) is 5.91 Å². The quantitative estimate of drug-likeness (QED) is 0.763. The number of fused-ring (bicyclic) bond motifs is 1. The van der Waals surface area contributed by atoms with Crippen molar-refractivity contribution < 1.29 is 4.79 Å². The normalized spacial score (nSPS) is 15.3. The molecule has 3 heterocycles. The first kappa shape index (κ1) is 17.6. The van der Waals surface area contributed by atoms with Gasteiger partial charge < -0.3 is 14.8 Å². The number of para-hydroxylation sites is 1. The second-order valence-corrected chi connectivity index (χ2v) is 7.58. The molecule has 0 aliphatic carbocycles. The molecule has 4 rings (SSSR count). The largest absolute Gasteiger partial charge is 0.357 e. The molecule has 1 aliphatic rings. The Labute approximate surface area is 160 Å². The van der Waals surface area contributed by atoms with Gasteiger partial charge in [-0.2, -0.15) is 0 Å². The van der Waals surface area contributed by atoms with Gasteiger partial charge in [0.05, 0.1) is 18.3 Å². The average Bonchev–Trinajstić information content (AvgIpc) is 2.99. The van der Waals surface area contributed by atoms with Gasteiger partial charge >= 0.3 is 0 Å². The van der Waals surface area contributed by atoms with Crippen molar-refractivity contribution in [3.63, 3.8) is 0 Å². The fourth-order valence-electron chi connectivity index (χ4n) is 3.83. The topological polar surface area (TPSA) is 50.2 Å². The van der Waals surface area contributed by atoms with E-state index < -0.39 is 0 Å². The highest BCUT2D eigenvalue weighted by molar-refractivity contribution is 5.95. The number of carbonyl (C=O) groups is 1. The van der Waals surface area contributed by atoms with Crippen LogP contribution in [0.5, 0.6) is 0 Å². The maximum absolute atomic E-state index is 12.5. The highest BCUT2D eigenvalue weighted by Gasteiger charge is 2.17. The Balaban J connectivity index is 1.40. The van der Waals surface area contributed by atoms with Crippen LogP contribution in [0, 0.1) is 5.92 Å². The summed E-state index contributed by atoms with van der Waals surface area (Å²) in [5, 5.41) is 4.10. The van der Waals surface area contributed by atoms with Crippen LogP contribution in [-0.2, 0) is 18.3 Å². The van der Waals surface area contributed by atoms with E-state index in [2.05, 4.69) is 38.8 Å². The van der Waals surface area contributed by atoms with Crippen LogP contribution in [-0.4, -0.2) is 28.5 Å². The molecule has 2 aromatic heterocycles. The zero-order valence-corrected chi connectivity index (χ0v) is 16.0. The maximum Gasteiger partial charge on any atom is 0.228 e. The SMILES string of the molecule is CC1CCN(c2ccc(NC(=O)Cc3cn(C)c4ccccc34)cn2)CC1. The minimum absolute atomic E-state index is 0.0206. The second-order valence-electron chi connectivity index (χ2n) is 7.58. The van der Waals surface area contributed by atoms with Gasteiger partial charge in [-0.05, 0) is 42.5 Å². The smallest absolute Gasteiger partial charge is 0.228 e. The number of aryl methyl sites for hydroxylation is 1. The molecule has 0 atom stereocenters. The lowest BCUT2D eigenvalue weighted by Crippen LogP contribution is -2.33. The number of benzene rings is 1. The van der Waals surface area contributed by atoms with Crippen molar-refractivity contribution in [1.82, 2.24) is 9.55 Å². The van der Waals surface area contributed by atoms with Crippen molar-refractivity contribution in [2.24, 2.45) is 13.0 Å². The van der Waals surface area contributed by atoms with Crippen LogP contribution in [0.4, 0.5) is 11.5 Å². The fourth-order valence-corrected chi connectivity index (χ4v) is 3.83. The fraction of sp³-hybridized carbons (Fsp3) is 0.364. The predicted octanol–water partition coefficient (Wildman–Crippen LogP) is 3.99. The summed E-state index contributed by atoms with van der Waals surface area (Å²) in [6.45, 7) is 4.42. The number of pyridine rings is 1. The molecular formula is C22H26N4O. The molecule has 1 aliphatic heterocycles. The van der Waals surface area contributed by atoms with Gasteiger partial charge in [0.25, 0.3) is 0 Å². The Morgan fingerprint density at radius 1 is 1.19 bits per heavy atom. The monoisotopic (exact) mass is 362 g/mol. The van der Waals surface area contributed by atoms with Crippen LogP contribution in [0.1, 0.15) is 25.3 Å². The van der Waals surface area contributed by atoms with Gasteiger partial charge in [0, 0.05) is 37.2 Å². The average molecular weight is 362 g/mol. The van der Waals surface area contributed by atoms with Crippen LogP contribution < -0.4 is 10.2 Å². The number of nitrogens with zero attached hydrogens (tertiary/aromatic N) is 3. The van der Waals surface area contributed by atoms with Gasteiger partial charge in [0.1, 0.15) is 5.82 Å².